The third-order valence-electron chi connectivity index (χ3n) is 3.32. The monoisotopic (exact) mass is 297 g/mol. The quantitative estimate of drug-likeness (QED) is 0.847. The van der Waals surface area contributed by atoms with Gasteiger partial charge >= 0.3 is 0 Å². The van der Waals surface area contributed by atoms with Gasteiger partial charge in [-0.05, 0) is 38.5 Å². The van der Waals surface area contributed by atoms with Gasteiger partial charge in [0.15, 0.2) is 0 Å². The number of aromatic nitrogens is 2. The van der Waals surface area contributed by atoms with Gasteiger partial charge < -0.3 is 5.32 Å². The third-order valence-corrected chi connectivity index (χ3v) is 4.42. The minimum atomic E-state index is 0.604. The number of anilines is 1. The normalized spacial score (nSPS) is 16.4. The third kappa shape index (κ3) is 3.41. The van der Waals surface area contributed by atoms with Crippen LogP contribution in [0.1, 0.15) is 43.9 Å². The number of fused-ring (bicyclic) bond motifs is 1. The van der Waals surface area contributed by atoms with Crippen LogP contribution in [-0.2, 0) is 12.8 Å². The molecule has 0 saturated heterocycles. The molecular weight excluding hydrogens is 278 g/mol. The summed E-state index contributed by atoms with van der Waals surface area (Å²) < 4.78 is 0. The molecule has 1 heterocycles. The van der Waals surface area contributed by atoms with E-state index in [9.17, 15) is 0 Å². The summed E-state index contributed by atoms with van der Waals surface area (Å²) in [4.78, 5) is 9.36. The largest absolute Gasteiger partial charge is 0.370 e. The number of hydrogen-bond donors (Lipinski definition) is 1. The lowest BCUT2D eigenvalue weighted by molar-refractivity contribution is 0.662. The van der Waals surface area contributed by atoms with Crippen molar-refractivity contribution in [3.63, 3.8) is 0 Å². The van der Waals surface area contributed by atoms with Crippen LogP contribution in [-0.4, -0.2) is 21.3 Å². The lowest BCUT2D eigenvalue weighted by atomic mass is 9.96. The van der Waals surface area contributed by atoms with Gasteiger partial charge in [-0.2, -0.15) is 0 Å². The van der Waals surface area contributed by atoms with Crippen LogP contribution in [0.2, 0.25) is 0 Å². The van der Waals surface area contributed by atoms with E-state index in [0.717, 1.165) is 31.6 Å². The Morgan fingerprint density at radius 1 is 1.35 bits per heavy atom. The van der Waals surface area contributed by atoms with Crippen LogP contribution in [0.3, 0.4) is 0 Å². The second kappa shape index (κ2) is 6.34. The molecule has 0 spiro atoms. The minimum absolute atomic E-state index is 0.604. The lowest BCUT2D eigenvalue weighted by Crippen LogP contribution is -2.14. The predicted molar refractivity (Wildman–Crippen MR) is 74.8 cm³/mol. The van der Waals surface area contributed by atoms with Crippen LogP contribution < -0.4 is 5.32 Å². The maximum absolute atomic E-state index is 4.38. The molecule has 2 rings (SSSR count). The minimum Gasteiger partial charge on any atom is -0.370 e. The van der Waals surface area contributed by atoms with Crippen molar-refractivity contribution in [3.8, 4) is 0 Å². The highest BCUT2D eigenvalue weighted by molar-refractivity contribution is 9.09. The smallest absolute Gasteiger partial charge is 0.132 e. The van der Waals surface area contributed by atoms with Gasteiger partial charge in [0.25, 0.3) is 0 Å². The summed E-state index contributed by atoms with van der Waals surface area (Å²) in [6.07, 6.45) is 8.77. The fourth-order valence-electron chi connectivity index (χ4n) is 2.22. The average Bonchev–Trinajstić information content (AvgIpc) is 2.39. The number of nitrogens with one attached hydrogen (secondary N) is 1. The molecule has 0 aliphatic heterocycles. The summed E-state index contributed by atoms with van der Waals surface area (Å²) >= 11 is 3.65. The summed E-state index contributed by atoms with van der Waals surface area (Å²) in [6, 6.07) is 0. The molecular formula is C13H20BrN3. The van der Waals surface area contributed by atoms with Gasteiger partial charge in [-0.1, -0.05) is 22.9 Å². The number of rotatable bonds is 5. The van der Waals surface area contributed by atoms with E-state index >= 15 is 0 Å². The van der Waals surface area contributed by atoms with E-state index in [2.05, 4.69) is 38.1 Å². The van der Waals surface area contributed by atoms with Crippen LogP contribution >= 0.6 is 15.9 Å². The molecule has 0 radical (unpaired) electrons. The maximum Gasteiger partial charge on any atom is 0.132 e. The summed E-state index contributed by atoms with van der Waals surface area (Å²) in [6.45, 7) is 3.18. The Hall–Kier alpha value is -0.640. The fourth-order valence-corrected chi connectivity index (χ4v) is 2.45. The Kier molecular flexibility index (Phi) is 4.77. The molecule has 1 aromatic heterocycles. The highest BCUT2D eigenvalue weighted by atomic mass is 79.9. The second-order valence-corrected chi connectivity index (χ2v) is 5.87. The first-order valence-corrected chi connectivity index (χ1v) is 7.43. The van der Waals surface area contributed by atoms with E-state index in [1.807, 2.05) is 0 Å². The number of nitrogens with zero attached hydrogens (tertiary/aromatic N) is 2. The van der Waals surface area contributed by atoms with Crippen molar-refractivity contribution in [1.29, 1.82) is 0 Å². The van der Waals surface area contributed by atoms with Gasteiger partial charge in [0.1, 0.15) is 12.1 Å². The van der Waals surface area contributed by atoms with Crippen molar-refractivity contribution < 1.29 is 0 Å². The molecule has 17 heavy (non-hydrogen) atoms. The first-order chi connectivity index (χ1) is 8.31. The van der Waals surface area contributed by atoms with Crippen LogP contribution in [0.25, 0.3) is 0 Å². The molecule has 1 atom stereocenters. The van der Waals surface area contributed by atoms with Crippen molar-refractivity contribution in [1.82, 2.24) is 9.97 Å². The Labute approximate surface area is 112 Å². The summed E-state index contributed by atoms with van der Waals surface area (Å²) in [5.74, 6) is 1.06. The van der Waals surface area contributed by atoms with E-state index in [1.54, 1.807) is 6.33 Å². The lowest BCUT2D eigenvalue weighted by Gasteiger charge is -2.18. The molecule has 1 N–H and O–H groups in total. The first kappa shape index (κ1) is 12.8. The molecule has 1 aliphatic rings. The fraction of sp³-hybridized carbons (Fsp3) is 0.692. The van der Waals surface area contributed by atoms with Crippen molar-refractivity contribution in [2.45, 2.75) is 50.3 Å². The number of alkyl halides is 1. The van der Waals surface area contributed by atoms with Gasteiger partial charge in [0, 0.05) is 22.6 Å². The zero-order valence-corrected chi connectivity index (χ0v) is 12.0. The highest BCUT2D eigenvalue weighted by Crippen LogP contribution is 2.24. The second-order valence-electron chi connectivity index (χ2n) is 4.58. The molecule has 0 fully saturated rings. The molecule has 1 aromatic rings. The van der Waals surface area contributed by atoms with Gasteiger partial charge in [0.05, 0.1) is 0 Å². The maximum atomic E-state index is 4.38. The molecule has 0 aromatic carbocycles. The topological polar surface area (TPSA) is 37.8 Å². The number of hydrogen-bond acceptors (Lipinski definition) is 3. The van der Waals surface area contributed by atoms with E-state index in [-0.39, 0.29) is 0 Å². The zero-order chi connectivity index (χ0) is 12.1. The Morgan fingerprint density at radius 2 is 2.18 bits per heavy atom. The Balaban J connectivity index is 1.96. The summed E-state index contributed by atoms with van der Waals surface area (Å²) in [7, 11) is 0. The van der Waals surface area contributed by atoms with Gasteiger partial charge in [-0.25, -0.2) is 9.97 Å². The molecule has 0 saturated carbocycles. The van der Waals surface area contributed by atoms with Crippen molar-refractivity contribution >= 4 is 21.7 Å². The molecule has 0 bridgehead atoms. The van der Waals surface area contributed by atoms with Crippen LogP contribution in [0, 0.1) is 0 Å². The van der Waals surface area contributed by atoms with Crippen molar-refractivity contribution in [2.24, 2.45) is 0 Å². The summed E-state index contributed by atoms with van der Waals surface area (Å²) in [5.41, 5.74) is 2.60. The predicted octanol–water partition coefficient (Wildman–Crippen LogP) is 3.33. The van der Waals surface area contributed by atoms with Crippen LogP contribution in [0.5, 0.6) is 0 Å². The number of aryl methyl sites for hydroxylation is 1. The number of halogens is 1. The van der Waals surface area contributed by atoms with Gasteiger partial charge in [-0.15, -0.1) is 0 Å². The molecule has 1 unspecified atom stereocenters. The van der Waals surface area contributed by atoms with Crippen molar-refractivity contribution in [3.05, 3.63) is 17.6 Å². The molecule has 94 valence electrons. The van der Waals surface area contributed by atoms with Gasteiger partial charge in [-0.3, -0.25) is 0 Å². The SMILES string of the molecule is CCC(Br)CCNc1ncnc2c1CCCC2. The van der Waals surface area contributed by atoms with E-state index in [1.165, 1.54) is 30.5 Å². The van der Waals surface area contributed by atoms with Gasteiger partial charge in [0.2, 0.25) is 0 Å². The summed E-state index contributed by atoms with van der Waals surface area (Å²) in [5, 5.41) is 3.46. The standard InChI is InChI=1S/C13H20BrN3/c1-2-10(14)7-8-15-13-11-5-3-4-6-12(11)16-9-17-13/h9-10H,2-8H2,1H3,(H,15,16,17). The Morgan fingerprint density at radius 3 is 3.00 bits per heavy atom. The van der Waals surface area contributed by atoms with Crippen LogP contribution in [0.4, 0.5) is 5.82 Å². The molecule has 4 heteroatoms. The van der Waals surface area contributed by atoms with E-state index < -0.39 is 0 Å². The zero-order valence-electron chi connectivity index (χ0n) is 10.4. The first-order valence-electron chi connectivity index (χ1n) is 6.52. The highest BCUT2D eigenvalue weighted by Gasteiger charge is 2.15. The van der Waals surface area contributed by atoms with E-state index in [4.69, 9.17) is 0 Å². The molecule has 1 aliphatic carbocycles. The Bertz CT molecular complexity index is 368. The van der Waals surface area contributed by atoms with E-state index in [0.29, 0.717) is 4.83 Å². The molecule has 3 nitrogen and oxygen atoms in total. The molecule has 0 amide bonds. The van der Waals surface area contributed by atoms with Crippen LogP contribution in [0.15, 0.2) is 6.33 Å². The van der Waals surface area contributed by atoms with Crippen molar-refractivity contribution in [2.75, 3.05) is 11.9 Å². The average molecular weight is 298 g/mol.